The molecule has 0 spiro atoms. The molecular weight excluding hydrogens is 280 g/mol. The Balaban J connectivity index is 2.57. The van der Waals surface area contributed by atoms with Crippen molar-refractivity contribution >= 4 is 23.6 Å². The molecule has 20 heavy (non-hydrogen) atoms. The van der Waals surface area contributed by atoms with Gasteiger partial charge in [0.25, 0.3) is 0 Å². The van der Waals surface area contributed by atoms with Crippen molar-refractivity contribution in [1.29, 1.82) is 0 Å². The molecule has 1 rings (SSSR count). The van der Waals surface area contributed by atoms with Crippen molar-refractivity contribution in [3.05, 3.63) is 30.3 Å². The molecule has 0 aliphatic carbocycles. The third-order valence-corrected chi connectivity index (χ3v) is 9.59. The van der Waals surface area contributed by atoms with Crippen LogP contribution in [0.2, 0.25) is 12.1 Å². The summed E-state index contributed by atoms with van der Waals surface area (Å²) in [7, 11) is -1.75. The van der Waals surface area contributed by atoms with Gasteiger partial charge in [0.2, 0.25) is 0 Å². The summed E-state index contributed by atoms with van der Waals surface area (Å²) in [6.07, 6.45) is 10.6. The molecule has 0 amide bonds. The normalized spacial score (nSPS) is 11.8. The minimum absolute atomic E-state index is 1.25. The highest BCUT2D eigenvalue weighted by Gasteiger charge is 2.31. The van der Waals surface area contributed by atoms with Gasteiger partial charge in [-0.15, -0.1) is 0 Å². The van der Waals surface area contributed by atoms with Gasteiger partial charge in [-0.1, -0.05) is 95.5 Å². The third-order valence-electron chi connectivity index (χ3n) is 4.14. The standard InChI is InChI=1S/C18H31ClSi/c1-3-5-7-12-16-20(19,17-13-8-6-4-2)18-14-10-9-11-15-18/h9-11,14-15H,3-8,12-13,16-17H2,1-2H3. The molecule has 2 heteroatoms. The summed E-state index contributed by atoms with van der Waals surface area (Å²) in [6, 6.07) is 13.4. The lowest BCUT2D eigenvalue weighted by atomic mass is 10.2. The largest absolute Gasteiger partial charge is 0.186 e. The van der Waals surface area contributed by atoms with E-state index in [2.05, 4.69) is 44.2 Å². The highest BCUT2D eigenvalue weighted by atomic mass is 35.6. The van der Waals surface area contributed by atoms with E-state index in [1.807, 2.05) is 0 Å². The van der Waals surface area contributed by atoms with Crippen molar-refractivity contribution in [1.82, 2.24) is 0 Å². The van der Waals surface area contributed by atoms with Crippen molar-refractivity contribution in [2.75, 3.05) is 0 Å². The Bertz CT molecular complexity index is 325. The molecule has 0 bridgehead atoms. The maximum atomic E-state index is 7.16. The molecule has 0 heterocycles. The van der Waals surface area contributed by atoms with Crippen LogP contribution in [0.5, 0.6) is 0 Å². The zero-order valence-electron chi connectivity index (χ0n) is 13.3. The highest BCUT2D eigenvalue weighted by molar-refractivity contribution is 7.27. The van der Waals surface area contributed by atoms with Crippen molar-refractivity contribution in [3.63, 3.8) is 0 Å². The number of unbranched alkanes of at least 4 members (excludes halogenated alkanes) is 6. The highest BCUT2D eigenvalue weighted by Crippen LogP contribution is 2.27. The van der Waals surface area contributed by atoms with Gasteiger partial charge in [-0.05, 0) is 17.3 Å². The molecule has 0 aliphatic heterocycles. The third kappa shape index (κ3) is 6.45. The summed E-state index contributed by atoms with van der Waals surface area (Å²) in [4.78, 5) is 0. The average Bonchev–Trinajstić information content (AvgIpc) is 2.49. The van der Waals surface area contributed by atoms with Gasteiger partial charge in [0.05, 0.1) is 0 Å². The van der Waals surface area contributed by atoms with Gasteiger partial charge in [0, 0.05) is 0 Å². The van der Waals surface area contributed by atoms with Crippen LogP contribution in [0.1, 0.15) is 65.2 Å². The number of rotatable bonds is 11. The Hall–Kier alpha value is -0.273. The van der Waals surface area contributed by atoms with Crippen LogP contribution in [0.25, 0.3) is 0 Å². The van der Waals surface area contributed by atoms with Crippen LogP contribution in [-0.4, -0.2) is 7.38 Å². The predicted octanol–water partition coefficient (Wildman–Crippen LogP) is 6.24. The Labute approximate surface area is 131 Å². The van der Waals surface area contributed by atoms with E-state index >= 15 is 0 Å². The monoisotopic (exact) mass is 310 g/mol. The van der Waals surface area contributed by atoms with E-state index in [0.717, 1.165) is 0 Å². The Kier molecular flexibility index (Phi) is 9.29. The molecule has 0 radical (unpaired) electrons. The van der Waals surface area contributed by atoms with E-state index < -0.39 is 7.38 Å². The van der Waals surface area contributed by atoms with Gasteiger partial charge in [0.15, 0.2) is 7.38 Å². The quantitative estimate of drug-likeness (QED) is 0.258. The van der Waals surface area contributed by atoms with Gasteiger partial charge in [-0.25, -0.2) is 0 Å². The molecule has 1 aromatic carbocycles. The van der Waals surface area contributed by atoms with E-state index in [9.17, 15) is 0 Å². The Morgan fingerprint density at radius 1 is 0.750 bits per heavy atom. The molecule has 1 aromatic rings. The summed E-state index contributed by atoms with van der Waals surface area (Å²) in [5.74, 6) is 0. The molecule has 0 N–H and O–H groups in total. The van der Waals surface area contributed by atoms with E-state index in [0.29, 0.717) is 0 Å². The Morgan fingerprint density at radius 2 is 1.25 bits per heavy atom. The molecule has 0 aromatic heterocycles. The van der Waals surface area contributed by atoms with Crippen molar-refractivity contribution in [3.8, 4) is 0 Å². The lowest BCUT2D eigenvalue weighted by Crippen LogP contribution is -2.41. The fraction of sp³-hybridized carbons (Fsp3) is 0.667. The lowest BCUT2D eigenvalue weighted by Gasteiger charge is -2.25. The van der Waals surface area contributed by atoms with E-state index in [1.165, 1.54) is 68.6 Å². The Morgan fingerprint density at radius 3 is 1.70 bits per heavy atom. The number of halogens is 1. The molecule has 0 unspecified atom stereocenters. The van der Waals surface area contributed by atoms with E-state index in [1.54, 1.807) is 0 Å². The van der Waals surface area contributed by atoms with Gasteiger partial charge < -0.3 is 0 Å². The fourth-order valence-electron chi connectivity index (χ4n) is 2.81. The van der Waals surface area contributed by atoms with Gasteiger partial charge in [0.1, 0.15) is 0 Å². The van der Waals surface area contributed by atoms with Crippen LogP contribution >= 0.6 is 11.1 Å². The number of hydrogen-bond donors (Lipinski definition) is 0. The average molecular weight is 311 g/mol. The molecule has 0 aliphatic rings. The van der Waals surface area contributed by atoms with Crippen molar-refractivity contribution in [2.45, 2.75) is 77.3 Å². The van der Waals surface area contributed by atoms with Crippen LogP contribution in [0.3, 0.4) is 0 Å². The van der Waals surface area contributed by atoms with Gasteiger partial charge in [-0.2, -0.15) is 11.1 Å². The molecule has 0 fully saturated rings. The first-order valence-electron chi connectivity index (χ1n) is 8.47. The van der Waals surface area contributed by atoms with E-state index in [4.69, 9.17) is 11.1 Å². The molecule has 0 saturated carbocycles. The second-order valence-corrected chi connectivity index (χ2v) is 11.6. The molecule has 114 valence electrons. The molecule has 0 saturated heterocycles. The summed E-state index contributed by atoms with van der Waals surface area (Å²) < 4.78 is 0. The first-order chi connectivity index (χ1) is 9.73. The van der Waals surface area contributed by atoms with Gasteiger partial charge >= 0.3 is 0 Å². The van der Waals surface area contributed by atoms with Crippen LogP contribution in [-0.2, 0) is 0 Å². The summed E-state index contributed by atoms with van der Waals surface area (Å²) in [5.41, 5.74) is 0. The minimum atomic E-state index is -1.75. The zero-order chi connectivity index (χ0) is 14.7. The fourth-order valence-corrected chi connectivity index (χ4v) is 7.23. The smallest absolute Gasteiger partial charge is 0.161 e. The molecular formula is C18H31ClSi. The first kappa shape index (κ1) is 17.8. The van der Waals surface area contributed by atoms with Crippen LogP contribution in [0.4, 0.5) is 0 Å². The lowest BCUT2D eigenvalue weighted by molar-refractivity contribution is 0.685. The SMILES string of the molecule is CCCCCC[Si](Cl)(CCCCCC)c1ccccc1. The first-order valence-corrected chi connectivity index (χ1v) is 11.9. The molecule has 0 nitrogen and oxygen atoms in total. The maximum Gasteiger partial charge on any atom is 0.186 e. The maximum absolute atomic E-state index is 7.16. The summed E-state index contributed by atoms with van der Waals surface area (Å²) >= 11 is 7.16. The predicted molar refractivity (Wildman–Crippen MR) is 95.6 cm³/mol. The van der Waals surface area contributed by atoms with Crippen molar-refractivity contribution < 1.29 is 0 Å². The van der Waals surface area contributed by atoms with E-state index in [-0.39, 0.29) is 0 Å². The minimum Gasteiger partial charge on any atom is -0.161 e. The summed E-state index contributed by atoms with van der Waals surface area (Å²) in [5, 5.41) is 1.45. The van der Waals surface area contributed by atoms with Gasteiger partial charge in [-0.3, -0.25) is 0 Å². The second-order valence-electron chi connectivity index (χ2n) is 5.95. The summed E-state index contributed by atoms with van der Waals surface area (Å²) in [6.45, 7) is 4.54. The second kappa shape index (κ2) is 10.5. The topological polar surface area (TPSA) is 0 Å². The number of benzene rings is 1. The van der Waals surface area contributed by atoms with Crippen molar-refractivity contribution in [2.24, 2.45) is 0 Å². The van der Waals surface area contributed by atoms with Crippen LogP contribution in [0.15, 0.2) is 30.3 Å². The van der Waals surface area contributed by atoms with Crippen LogP contribution < -0.4 is 5.19 Å². The van der Waals surface area contributed by atoms with Crippen LogP contribution in [0, 0.1) is 0 Å². The molecule has 0 atom stereocenters. The zero-order valence-corrected chi connectivity index (χ0v) is 15.1. The number of hydrogen-bond acceptors (Lipinski definition) is 0.